The molecular formula is C19H15ClF3N5O2. The Morgan fingerprint density at radius 1 is 1.10 bits per heavy atom. The molecule has 7 nitrogen and oxygen atoms in total. The van der Waals surface area contributed by atoms with Crippen LogP contribution in [-0.4, -0.2) is 26.8 Å². The fourth-order valence-corrected chi connectivity index (χ4v) is 2.66. The van der Waals surface area contributed by atoms with Crippen molar-refractivity contribution in [3.8, 4) is 0 Å². The number of aromatic nitrogens is 3. The number of carbonyl (C=O) groups excluding carboxylic acids is 2. The Morgan fingerprint density at radius 2 is 1.83 bits per heavy atom. The zero-order chi connectivity index (χ0) is 21.7. The van der Waals surface area contributed by atoms with Crippen LogP contribution in [0.5, 0.6) is 0 Å². The third kappa shape index (κ3) is 5.57. The molecule has 3 aromatic rings. The Morgan fingerprint density at radius 3 is 2.53 bits per heavy atom. The molecule has 1 aromatic heterocycles. The molecule has 11 heteroatoms. The molecule has 0 bridgehead atoms. The lowest BCUT2D eigenvalue weighted by Crippen LogP contribution is -2.23. The highest BCUT2D eigenvalue weighted by molar-refractivity contribution is 6.33. The van der Waals surface area contributed by atoms with Crippen LogP contribution in [0.3, 0.4) is 0 Å². The predicted molar refractivity (Wildman–Crippen MR) is 103 cm³/mol. The average molecular weight is 438 g/mol. The topological polar surface area (TPSA) is 88.9 Å². The second kappa shape index (κ2) is 8.95. The van der Waals surface area contributed by atoms with Crippen LogP contribution in [0.2, 0.25) is 5.02 Å². The fourth-order valence-electron chi connectivity index (χ4n) is 2.49. The van der Waals surface area contributed by atoms with Crippen LogP contribution in [-0.2, 0) is 24.1 Å². The van der Waals surface area contributed by atoms with Crippen LogP contribution in [0.25, 0.3) is 0 Å². The van der Waals surface area contributed by atoms with E-state index >= 15 is 0 Å². The first-order valence-electron chi connectivity index (χ1n) is 8.61. The summed E-state index contributed by atoms with van der Waals surface area (Å²) in [6, 6.07) is 11.2. The van der Waals surface area contributed by atoms with E-state index in [0.29, 0.717) is 11.3 Å². The Balaban J connectivity index is 1.57. The van der Waals surface area contributed by atoms with Crippen molar-refractivity contribution in [2.45, 2.75) is 19.3 Å². The minimum atomic E-state index is -4.56. The number of hydrogen-bond donors (Lipinski definition) is 2. The van der Waals surface area contributed by atoms with Gasteiger partial charge in [-0.2, -0.15) is 13.2 Å². The first-order valence-corrected chi connectivity index (χ1v) is 8.99. The molecule has 2 amide bonds. The molecule has 0 saturated carbocycles. The molecule has 30 heavy (non-hydrogen) atoms. The lowest BCUT2D eigenvalue weighted by atomic mass is 10.2. The van der Waals surface area contributed by atoms with Gasteiger partial charge in [0.25, 0.3) is 5.91 Å². The summed E-state index contributed by atoms with van der Waals surface area (Å²) >= 11 is 5.86. The van der Waals surface area contributed by atoms with Gasteiger partial charge in [-0.1, -0.05) is 35.0 Å². The molecule has 156 valence electrons. The third-order valence-corrected chi connectivity index (χ3v) is 4.26. The number of hydrogen-bond acceptors (Lipinski definition) is 4. The van der Waals surface area contributed by atoms with E-state index in [1.807, 2.05) is 0 Å². The summed E-state index contributed by atoms with van der Waals surface area (Å²) in [5.74, 6) is -0.928. The number of benzene rings is 2. The summed E-state index contributed by atoms with van der Waals surface area (Å²) in [5.41, 5.74) is -0.197. The molecule has 0 fully saturated rings. The molecule has 0 spiro atoms. The monoisotopic (exact) mass is 437 g/mol. The first kappa shape index (κ1) is 21.3. The Kier molecular flexibility index (Phi) is 6.36. The molecule has 0 aliphatic heterocycles. The van der Waals surface area contributed by atoms with E-state index in [9.17, 15) is 22.8 Å². The van der Waals surface area contributed by atoms with Gasteiger partial charge < -0.3 is 10.6 Å². The van der Waals surface area contributed by atoms with Gasteiger partial charge in [0.1, 0.15) is 12.2 Å². The number of carbonyl (C=O) groups is 2. The highest BCUT2D eigenvalue weighted by Gasteiger charge is 2.31. The van der Waals surface area contributed by atoms with E-state index in [0.717, 1.165) is 18.2 Å². The maximum absolute atomic E-state index is 12.8. The van der Waals surface area contributed by atoms with Crippen molar-refractivity contribution in [3.63, 3.8) is 0 Å². The molecule has 0 aliphatic carbocycles. The standard InChI is InChI=1S/C19H15ClF3N5O2/c20-15-7-6-13(19(21,22)23)8-16(15)25-17(29)11-28-10-14(26-27-28)9-24-18(30)12-4-2-1-3-5-12/h1-8,10H,9,11H2,(H,24,30)(H,25,29). The molecule has 0 saturated heterocycles. The van der Waals surface area contributed by atoms with E-state index in [4.69, 9.17) is 11.6 Å². The molecule has 1 heterocycles. The summed E-state index contributed by atoms with van der Waals surface area (Å²) in [6.07, 6.45) is -3.12. The zero-order valence-corrected chi connectivity index (χ0v) is 16.0. The Labute approximate surface area is 173 Å². The minimum Gasteiger partial charge on any atom is -0.346 e. The maximum Gasteiger partial charge on any atom is 0.416 e. The Hall–Kier alpha value is -3.40. The largest absolute Gasteiger partial charge is 0.416 e. The van der Waals surface area contributed by atoms with Crippen molar-refractivity contribution in [1.82, 2.24) is 20.3 Å². The number of halogens is 4. The Bertz CT molecular complexity index is 1050. The van der Waals surface area contributed by atoms with Crippen LogP contribution in [0.15, 0.2) is 54.7 Å². The highest BCUT2D eigenvalue weighted by atomic mass is 35.5. The number of nitrogens with zero attached hydrogens (tertiary/aromatic N) is 3. The van der Waals surface area contributed by atoms with Gasteiger partial charge in [-0.25, -0.2) is 4.68 Å². The third-order valence-electron chi connectivity index (χ3n) is 3.93. The summed E-state index contributed by atoms with van der Waals surface area (Å²) in [5, 5.41) is 12.6. The predicted octanol–water partition coefficient (Wildman–Crippen LogP) is 3.52. The fraction of sp³-hybridized carbons (Fsp3) is 0.158. The lowest BCUT2D eigenvalue weighted by Gasteiger charge is -2.11. The maximum atomic E-state index is 12.8. The number of rotatable bonds is 6. The smallest absolute Gasteiger partial charge is 0.346 e. The molecule has 0 atom stereocenters. The van der Waals surface area contributed by atoms with Gasteiger partial charge >= 0.3 is 6.18 Å². The average Bonchev–Trinajstić information content (AvgIpc) is 3.14. The number of alkyl halides is 3. The molecule has 3 rings (SSSR count). The molecule has 2 aromatic carbocycles. The van der Waals surface area contributed by atoms with Crippen molar-refractivity contribution in [3.05, 3.63) is 76.6 Å². The van der Waals surface area contributed by atoms with E-state index in [1.165, 1.54) is 10.9 Å². The van der Waals surface area contributed by atoms with E-state index in [-0.39, 0.29) is 29.7 Å². The van der Waals surface area contributed by atoms with E-state index < -0.39 is 17.6 Å². The van der Waals surface area contributed by atoms with Gasteiger partial charge in [0, 0.05) is 5.56 Å². The molecule has 2 N–H and O–H groups in total. The van der Waals surface area contributed by atoms with Gasteiger partial charge in [-0.3, -0.25) is 9.59 Å². The number of amides is 2. The quantitative estimate of drug-likeness (QED) is 0.617. The normalized spacial score (nSPS) is 11.2. The van der Waals surface area contributed by atoms with Crippen LogP contribution in [0, 0.1) is 0 Å². The van der Waals surface area contributed by atoms with Gasteiger partial charge in [-0.15, -0.1) is 5.10 Å². The van der Waals surface area contributed by atoms with Gasteiger partial charge in [0.05, 0.1) is 29.0 Å². The minimum absolute atomic E-state index is 0.0285. The van der Waals surface area contributed by atoms with Crippen molar-refractivity contribution >= 4 is 29.1 Å². The zero-order valence-electron chi connectivity index (χ0n) is 15.3. The van der Waals surface area contributed by atoms with Crippen molar-refractivity contribution < 1.29 is 22.8 Å². The van der Waals surface area contributed by atoms with Crippen LogP contribution in [0.4, 0.5) is 18.9 Å². The van der Waals surface area contributed by atoms with Crippen molar-refractivity contribution in [2.75, 3.05) is 5.32 Å². The second-order valence-corrected chi connectivity index (χ2v) is 6.60. The first-order chi connectivity index (χ1) is 14.2. The highest BCUT2D eigenvalue weighted by Crippen LogP contribution is 2.33. The van der Waals surface area contributed by atoms with Gasteiger partial charge in [0.2, 0.25) is 5.91 Å². The van der Waals surface area contributed by atoms with E-state index in [2.05, 4.69) is 20.9 Å². The SMILES string of the molecule is O=C(Cn1cc(CNC(=O)c2ccccc2)nn1)Nc1cc(C(F)(F)F)ccc1Cl. The van der Waals surface area contributed by atoms with Gasteiger partial charge in [-0.05, 0) is 30.3 Å². The molecule has 0 aliphatic rings. The van der Waals surface area contributed by atoms with Crippen LogP contribution < -0.4 is 10.6 Å². The van der Waals surface area contributed by atoms with Gasteiger partial charge in [0.15, 0.2) is 0 Å². The number of nitrogens with one attached hydrogen (secondary N) is 2. The lowest BCUT2D eigenvalue weighted by molar-refractivity contribution is -0.137. The van der Waals surface area contributed by atoms with Crippen molar-refractivity contribution in [2.24, 2.45) is 0 Å². The van der Waals surface area contributed by atoms with Crippen LogP contribution in [0.1, 0.15) is 21.6 Å². The molecule has 0 unspecified atom stereocenters. The van der Waals surface area contributed by atoms with Crippen molar-refractivity contribution in [1.29, 1.82) is 0 Å². The summed E-state index contributed by atoms with van der Waals surface area (Å²) in [7, 11) is 0. The molecule has 0 radical (unpaired) electrons. The van der Waals surface area contributed by atoms with E-state index in [1.54, 1.807) is 30.3 Å². The summed E-state index contributed by atoms with van der Waals surface area (Å²) in [6.45, 7) is -0.207. The molecular weight excluding hydrogens is 423 g/mol. The number of anilines is 1. The summed E-state index contributed by atoms with van der Waals surface area (Å²) < 4.78 is 39.6. The second-order valence-electron chi connectivity index (χ2n) is 6.20. The van der Waals surface area contributed by atoms with Crippen LogP contribution >= 0.6 is 11.6 Å². The summed E-state index contributed by atoms with van der Waals surface area (Å²) in [4.78, 5) is 24.2.